The molecule has 5 unspecified atom stereocenters. The molecule has 5 atom stereocenters. The summed E-state index contributed by atoms with van der Waals surface area (Å²) >= 11 is 1.65. The number of nitrogens with zero attached hydrogens (tertiary/aromatic N) is 3. The van der Waals surface area contributed by atoms with Crippen LogP contribution in [0, 0.1) is 17.8 Å². The second-order valence-corrected chi connectivity index (χ2v) is 13.6. The van der Waals surface area contributed by atoms with Gasteiger partial charge in [-0.3, -0.25) is 19.8 Å². The standard InChI is InChI=1S/C21H35FN6O4S2/c1-26-9-14(7-23-26)10-28-19(29)17-6-16(34(31,32)25-21(13-22)4-5-21)2-3-18(17)27(20(28)30)11-15-8-24-33-12-15/h14-18,23-25H,2-13H2,1H3. The van der Waals surface area contributed by atoms with Crippen molar-refractivity contribution in [3.63, 3.8) is 0 Å². The van der Waals surface area contributed by atoms with Crippen LogP contribution in [0.3, 0.4) is 0 Å². The molecule has 5 aliphatic rings. The van der Waals surface area contributed by atoms with E-state index in [0.29, 0.717) is 51.2 Å². The molecule has 3 aliphatic heterocycles. The fraction of sp³-hybridized carbons (Fsp3) is 0.905. The molecule has 3 saturated heterocycles. The van der Waals surface area contributed by atoms with Gasteiger partial charge in [-0.15, -0.1) is 0 Å². The summed E-state index contributed by atoms with van der Waals surface area (Å²) in [6.45, 7) is 2.42. The smallest absolute Gasteiger partial charge is 0.320 e. The van der Waals surface area contributed by atoms with E-state index in [4.69, 9.17) is 0 Å². The number of sulfonamides is 1. The molecule has 3 amide bonds. The quantitative estimate of drug-likeness (QED) is 0.389. The molecule has 3 heterocycles. The van der Waals surface area contributed by atoms with Gasteiger partial charge < -0.3 is 4.90 Å². The van der Waals surface area contributed by atoms with Crippen molar-refractivity contribution in [2.45, 2.75) is 48.9 Å². The van der Waals surface area contributed by atoms with Crippen LogP contribution in [0.2, 0.25) is 0 Å². The summed E-state index contributed by atoms with van der Waals surface area (Å²) in [5.41, 5.74) is 2.27. The van der Waals surface area contributed by atoms with Crippen LogP contribution >= 0.6 is 11.9 Å². The van der Waals surface area contributed by atoms with E-state index < -0.39 is 33.4 Å². The van der Waals surface area contributed by atoms with E-state index in [0.717, 1.165) is 18.8 Å². The fourth-order valence-corrected chi connectivity index (χ4v) is 8.66. The molecule has 2 saturated carbocycles. The van der Waals surface area contributed by atoms with Gasteiger partial charge in [-0.05, 0) is 32.1 Å². The average molecular weight is 519 g/mol. The Kier molecular flexibility index (Phi) is 6.88. The number of halogens is 1. The van der Waals surface area contributed by atoms with Gasteiger partial charge in [0.1, 0.15) is 6.67 Å². The molecule has 3 N–H and O–H groups in total. The summed E-state index contributed by atoms with van der Waals surface area (Å²) in [4.78, 5) is 30.4. The van der Waals surface area contributed by atoms with Crippen molar-refractivity contribution in [1.82, 2.24) is 29.7 Å². The van der Waals surface area contributed by atoms with Crippen molar-refractivity contribution in [3.8, 4) is 0 Å². The molecule has 0 bridgehead atoms. The highest BCUT2D eigenvalue weighted by Crippen LogP contribution is 2.41. The van der Waals surface area contributed by atoms with E-state index >= 15 is 0 Å². The lowest BCUT2D eigenvalue weighted by Gasteiger charge is -2.49. The third kappa shape index (κ3) is 4.83. The zero-order valence-corrected chi connectivity index (χ0v) is 21.2. The highest BCUT2D eigenvalue weighted by atomic mass is 32.2. The Morgan fingerprint density at radius 2 is 1.97 bits per heavy atom. The summed E-state index contributed by atoms with van der Waals surface area (Å²) in [5, 5.41) is 1.21. The van der Waals surface area contributed by atoms with Crippen LogP contribution in [-0.4, -0.2) is 104 Å². The lowest BCUT2D eigenvalue weighted by atomic mass is 9.80. The van der Waals surface area contributed by atoms with Crippen molar-refractivity contribution >= 4 is 33.9 Å². The van der Waals surface area contributed by atoms with E-state index in [2.05, 4.69) is 14.9 Å². The van der Waals surface area contributed by atoms with Gasteiger partial charge in [0.05, 0.1) is 16.7 Å². The summed E-state index contributed by atoms with van der Waals surface area (Å²) in [7, 11) is -1.83. The monoisotopic (exact) mass is 518 g/mol. The van der Waals surface area contributed by atoms with Gasteiger partial charge >= 0.3 is 6.03 Å². The van der Waals surface area contributed by atoms with E-state index in [1.807, 2.05) is 17.0 Å². The summed E-state index contributed by atoms with van der Waals surface area (Å²) in [6, 6.07) is -0.528. The minimum atomic E-state index is -3.76. The molecule has 5 fully saturated rings. The zero-order valence-electron chi connectivity index (χ0n) is 19.5. The number of hydrogen-bond donors (Lipinski definition) is 3. The van der Waals surface area contributed by atoms with Crippen LogP contribution in [0.1, 0.15) is 32.1 Å². The molecular formula is C21H35FN6O4S2. The van der Waals surface area contributed by atoms with Crippen LogP contribution in [0.4, 0.5) is 9.18 Å². The highest BCUT2D eigenvalue weighted by Gasteiger charge is 2.53. The zero-order chi connectivity index (χ0) is 24.1. The van der Waals surface area contributed by atoms with Crippen LogP contribution in [-0.2, 0) is 14.8 Å². The lowest BCUT2D eigenvalue weighted by molar-refractivity contribution is -0.141. The third-order valence-corrected chi connectivity index (χ3v) is 11.0. The molecule has 0 aromatic heterocycles. The molecule has 0 aromatic carbocycles. The molecule has 0 radical (unpaired) electrons. The highest BCUT2D eigenvalue weighted by molar-refractivity contribution is 7.97. The number of urea groups is 1. The average Bonchev–Trinajstić information content (AvgIpc) is 3.17. The molecule has 13 heteroatoms. The minimum Gasteiger partial charge on any atom is -0.320 e. The molecule has 0 spiro atoms. The lowest BCUT2D eigenvalue weighted by Crippen LogP contribution is -2.65. The maximum Gasteiger partial charge on any atom is 0.326 e. The third-order valence-electron chi connectivity index (χ3n) is 8.00. The van der Waals surface area contributed by atoms with Crippen LogP contribution in [0.5, 0.6) is 0 Å². The molecule has 5 rings (SSSR count). The van der Waals surface area contributed by atoms with Crippen molar-refractivity contribution < 1.29 is 22.4 Å². The number of carbonyl (C=O) groups excluding carboxylic acids is 2. The first-order valence-electron chi connectivity index (χ1n) is 12.2. The maximum absolute atomic E-state index is 13.6. The van der Waals surface area contributed by atoms with Crippen LogP contribution < -0.4 is 14.9 Å². The molecule has 34 heavy (non-hydrogen) atoms. The van der Waals surface area contributed by atoms with Crippen molar-refractivity contribution in [2.75, 3.05) is 52.2 Å². The topological polar surface area (TPSA) is 114 Å². The first-order chi connectivity index (χ1) is 16.2. The molecular weight excluding hydrogens is 483 g/mol. The van der Waals surface area contributed by atoms with Crippen molar-refractivity contribution in [3.05, 3.63) is 0 Å². The number of hydrazine groups is 1. The Morgan fingerprint density at radius 3 is 2.59 bits per heavy atom. The summed E-state index contributed by atoms with van der Waals surface area (Å²) < 4.78 is 45.4. The minimum absolute atomic E-state index is 0.129. The largest absolute Gasteiger partial charge is 0.326 e. The van der Waals surface area contributed by atoms with E-state index in [1.54, 1.807) is 11.9 Å². The Hall–Kier alpha value is -0.990. The van der Waals surface area contributed by atoms with Crippen LogP contribution in [0.15, 0.2) is 0 Å². The van der Waals surface area contributed by atoms with E-state index in [9.17, 15) is 22.4 Å². The van der Waals surface area contributed by atoms with E-state index in [1.165, 1.54) is 4.90 Å². The second kappa shape index (κ2) is 9.47. The predicted molar refractivity (Wildman–Crippen MR) is 127 cm³/mol. The molecule has 0 aromatic rings. The van der Waals surface area contributed by atoms with Crippen molar-refractivity contribution in [2.24, 2.45) is 17.8 Å². The second-order valence-electron chi connectivity index (χ2n) is 10.7. The molecule has 192 valence electrons. The fourth-order valence-electron chi connectivity index (χ4n) is 5.80. The number of nitrogens with one attached hydrogen (secondary N) is 3. The normalized spacial score (nSPS) is 36.2. The van der Waals surface area contributed by atoms with Gasteiger partial charge in [-0.25, -0.2) is 27.3 Å². The number of rotatable bonds is 8. The summed E-state index contributed by atoms with van der Waals surface area (Å²) in [6.07, 6.45) is 2.01. The Labute approximate surface area is 204 Å². The Bertz CT molecular complexity index is 913. The van der Waals surface area contributed by atoms with Gasteiger partial charge in [0.2, 0.25) is 15.9 Å². The van der Waals surface area contributed by atoms with Gasteiger partial charge in [0, 0.05) is 63.4 Å². The number of carbonyl (C=O) groups is 2. The summed E-state index contributed by atoms with van der Waals surface area (Å²) in [5.74, 6) is 0.517. The number of fused-ring (bicyclic) bond motifs is 1. The maximum atomic E-state index is 13.6. The van der Waals surface area contributed by atoms with Gasteiger partial charge in [0.25, 0.3) is 0 Å². The van der Waals surface area contributed by atoms with Gasteiger partial charge in [-0.1, -0.05) is 11.9 Å². The number of amides is 3. The van der Waals surface area contributed by atoms with Gasteiger partial charge in [-0.2, -0.15) is 0 Å². The molecule has 2 aliphatic carbocycles. The first kappa shape index (κ1) is 24.7. The molecule has 10 nitrogen and oxygen atoms in total. The van der Waals surface area contributed by atoms with Crippen molar-refractivity contribution in [1.29, 1.82) is 0 Å². The number of hydrogen-bond acceptors (Lipinski definition) is 8. The van der Waals surface area contributed by atoms with E-state index in [-0.39, 0.29) is 30.3 Å². The Morgan fingerprint density at radius 1 is 1.18 bits per heavy atom. The SMILES string of the molecule is CN1CC(CN2C(=O)C3CC(S(=O)(=O)NC4(CF)CC4)CCC3N(CC3CNSC3)C2=O)CN1. The Balaban J connectivity index is 1.35. The first-order valence-corrected chi connectivity index (χ1v) is 14.7. The number of alkyl halides is 1. The van der Waals surface area contributed by atoms with Gasteiger partial charge in [0.15, 0.2) is 0 Å². The predicted octanol–water partition coefficient (Wildman–Crippen LogP) is 0.143. The number of imide groups is 1. The van der Waals surface area contributed by atoms with Crippen LogP contribution in [0.25, 0.3) is 0 Å².